The molecule has 0 aliphatic rings. The molecule has 0 radical (unpaired) electrons. The molecule has 0 saturated heterocycles. The molecule has 0 atom stereocenters. The van der Waals surface area contributed by atoms with Crippen LogP contribution in [0.3, 0.4) is 0 Å². The lowest BCUT2D eigenvalue weighted by atomic mass is 10.2. The molecule has 0 unspecified atom stereocenters. The fourth-order valence-electron chi connectivity index (χ4n) is 2.13. The van der Waals surface area contributed by atoms with Crippen LogP contribution in [-0.4, -0.2) is 26.6 Å². The molecule has 6 heteroatoms. The third-order valence-corrected chi connectivity index (χ3v) is 11.5. The molecule has 3 nitrogen and oxygen atoms in total. The Morgan fingerprint density at radius 1 is 0.897 bits per heavy atom. The van der Waals surface area contributed by atoms with Gasteiger partial charge >= 0.3 is 0 Å². The van der Waals surface area contributed by atoms with Crippen molar-refractivity contribution in [2.45, 2.75) is 59.2 Å². The number of phenols is 1. The van der Waals surface area contributed by atoms with Crippen LogP contribution in [0.4, 0.5) is 0 Å². The Kier molecular flexibility index (Phi) is 10.4. The SMILES string of the molecule is Cc1c(Br)cccc1OCCCO[Si](C)(C)C(C)(C)C.Cc1c(O)cccc1Br. The highest BCUT2D eigenvalue weighted by molar-refractivity contribution is 9.10. The van der Waals surface area contributed by atoms with Gasteiger partial charge in [0.15, 0.2) is 8.32 Å². The summed E-state index contributed by atoms with van der Waals surface area (Å²) in [5.41, 5.74) is 2.04. The van der Waals surface area contributed by atoms with Crippen LogP contribution in [-0.2, 0) is 4.43 Å². The van der Waals surface area contributed by atoms with E-state index < -0.39 is 8.32 Å². The molecule has 0 fully saturated rings. The summed E-state index contributed by atoms with van der Waals surface area (Å²) in [5, 5.41) is 9.34. The summed E-state index contributed by atoms with van der Waals surface area (Å²) >= 11 is 6.80. The number of hydrogen-bond donors (Lipinski definition) is 1. The van der Waals surface area contributed by atoms with Gasteiger partial charge in [0.2, 0.25) is 0 Å². The molecule has 0 amide bonds. The number of hydrogen-bond acceptors (Lipinski definition) is 3. The van der Waals surface area contributed by atoms with Crippen molar-refractivity contribution in [1.29, 1.82) is 0 Å². The van der Waals surface area contributed by atoms with Crippen molar-refractivity contribution in [3.05, 3.63) is 56.5 Å². The van der Waals surface area contributed by atoms with E-state index >= 15 is 0 Å². The smallest absolute Gasteiger partial charge is 0.191 e. The van der Waals surface area contributed by atoms with Crippen molar-refractivity contribution in [3.8, 4) is 11.5 Å². The summed E-state index contributed by atoms with van der Waals surface area (Å²) in [4.78, 5) is 0. The second-order valence-electron chi connectivity index (χ2n) is 8.56. The van der Waals surface area contributed by atoms with Gasteiger partial charge in [-0.25, -0.2) is 0 Å². The molecule has 0 saturated carbocycles. The lowest BCUT2D eigenvalue weighted by Crippen LogP contribution is -2.41. The zero-order chi connectivity index (χ0) is 22.2. The molecule has 2 aromatic carbocycles. The molecule has 2 rings (SSSR count). The van der Waals surface area contributed by atoms with E-state index in [0.717, 1.165) is 38.8 Å². The third kappa shape index (κ3) is 8.44. The molecule has 0 heterocycles. The van der Waals surface area contributed by atoms with Crippen LogP contribution >= 0.6 is 31.9 Å². The van der Waals surface area contributed by atoms with Crippen LogP contribution in [0.1, 0.15) is 38.3 Å². The topological polar surface area (TPSA) is 38.7 Å². The summed E-state index contributed by atoms with van der Waals surface area (Å²) in [6.07, 6.45) is 0.929. The molecule has 1 N–H and O–H groups in total. The number of benzene rings is 2. The largest absolute Gasteiger partial charge is 0.508 e. The molecule has 0 bridgehead atoms. The Morgan fingerprint density at radius 2 is 1.45 bits per heavy atom. The van der Waals surface area contributed by atoms with E-state index in [1.54, 1.807) is 12.1 Å². The Labute approximate surface area is 194 Å². The zero-order valence-electron chi connectivity index (χ0n) is 18.6. The van der Waals surface area contributed by atoms with Gasteiger partial charge in [-0.1, -0.05) is 64.8 Å². The Balaban J connectivity index is 0.000000387. The molecule has 162 valence electrons. The van der Waals surface area contributed by atoms with E-state index in [2.05, 4.69) is 72.6 Å². The van der Waals surface area contributed by atoms with Gasteiger partial charge in [0.05, 0.1) is 6.61 Å². The molecule has 0 aliphatic carbocycles. The average molecular weight is 546 g/mol. The van der Waals surface area contributed by atoms with Gasteiger partial charge in [-0.3, -0.25) is 0 Å². The van der Waals surface area contributed by atoms with Gasteiger partial charge < -0.3 is 14.3 Å². The molecule has 29 heavy (non-hydrogen) atoms. The second kappa shape index (κ2) is 11.5. The number of phenolic OH excluding ortho intramolecular Hbond substituents is 1. The lowest BCUT2D eigenvalue weighted by Gasteiger charge is -2.36. The summed E-state index contributed by atoms with van der Waals surface area (Å²) in [6, 6.07) is 11.4. The summed E-state index contributed by atoms with van der Waals surface area (Å²) in [7, 11) is -1.62. The average Bonchev–Trinajstić information content (AvgIpc) is 2.62. The van der Waals surface area contributed by atoms with E-state index in [9.17, 15) is 0 Å². The molecular weight excluding hydrogens is 512 g/mol. The van der Waals surface area contributed by atoms with Gasteiger partial charge in [-0.05, 0) is 56.2 Å². The fourth-order valence-corrected chi connectivity index (χ4v) is 3.92. The van der Waals surface area contributed by atoms with Crippen molar-refractivity contribution in [1.82, 2.24) is 0 Å². The quantitative estimate of drug-likeness (QED) is 0.295. The van der Waals surface area contributed by atoms with Crippen molar-refractivity contribution in [3.63, 3.8) is 0 Å². The maximum atomic E-state index is 9.07. The van der Waals surface area contributed by atoms with Crippen LogP contribution in [0, 0.1) is 13.8 Å². The first-order valence-electron chi connectivity index (χ1n) is 9.83. The fraction of sp³-hybridized carbons (Fsp3) is 0.478. The van der Waals surface area contributed by atoms with E-state index in [1.165, 1.54) is 0 Å². The van der Waals surface area contributed by atoms with Crippen molar-refractivity contribution in [2.24, 2.45) is 0 Å². The van der Waals surface area contributed by atoms with E-state index in [-0.39, 0.29) is 5.04 Å². The predicted molar refractivity (Wildman–Crippen MR) is 133 cm³/mol. The maximum Gasteiger partial charge on any atom is 0.191 e. The Hall–Kier alpha value is -0.823. The van der Waals surface area contributed by atoms with Gasteiger partial charge in [0, 0.05) is 33.1 Å². The minimum atomic E-state index is -1.62. The van der Waals surface area contributed by atoms with E-state index in [4.69, 9.17) is 14.3 Å². The predicted octanol–water partition coefficient (Wildman–Crippen LogP) is 8.01. The number of ether oxygens (including phenoxy) is 1. The Bertz CT molecular complexity index is 766. The summed E-state index contributed by atoms with van der Waals surface area (Å²) in [6.45, 7) is 16.8. The highest BCUT2D eigenvalue weighted by Crippen LogP contribution is 2.36. The first kappa shape index (κ1) is 26.2. The van der Waals surface area contributed by atoms with Crippen LogP contribution in [0.2, 0.25) is 18.1 Å². The van der Waals surface area contributed by atoms with E-state index in [0.29, 0.717) is 12.4 Å². The molecule has 0 aliphatic heterocycles. The first-order chi connectivity index (χ1) is 13.4. The molecular formula is C23H34Br2O3Si. The third-order valence-electron chi connectivity index (χ3n) is 5.27. The van der Waals surface area contributed by atoms with Crippen molar-refractivity contribution in [2.75, 3.05) is 13.2 Å². The standard InChI is InChI=1S/C16H27BrO2Si.C7H7BrO/c1-13-14(17)9-7-10-15(13)18-11-8-12-19-20(5,6)16(2,3)4;1-5-6(8)3-2-4-7(5)9/h7,9-10H,8,11-12H2,1-6H3;2-4,9H,1H3. The first-order valence-corrected chi connectivity index (χ1v) is 14.3. The van der Waals surface area contributed by atoms with Crippen LogP contribution < -0.4 is 4.74 Å². The van der Waals surface area contributed by atoms with Gasteiger partial charge in [-0.2, -0.15) is 0 Å². The highest BCUT2D eigenvalue weighted by atomic mass is 79.9. The lowest BCUT2D eigenvalue weighted by molar-refractivity contribution is 0.233. The van der Waals surface area contributed by atoms with Crippen LogP contribution in [0.25, 0.3) is 0 Å². The summed E-state index contributed by atoms with van der Waals surface area (Å²) in [5.74, 6) is 1.29. The second-order valence-corrected chi connectivity index (χ2v) is 15.1. The molecule has 2 aromatic rings. The summed E-state index contributed by atoms with van der Waals surface area (Å²) < 4.78 is 14.0. The number of aromatic hydroxyl groups is 1. The van der Waals surface area contributed by atoms with Gasteiger partial charge in [0.1, 0.15) is 11.5 Å². The van der Waals surface area contributed by atoms with Crippen molar-refractivity contribution < 1.29 is 14.3 Å². The normalized spacial score (nSPS) is 11.6. The van der Waals surface area contributed by atoms with Crippen molar-refractivity contribution >= 4 is 40.2 Å². The maximum absolute atomic E-state index is 9.07. The number of halogens is 2. The zero-order valence-corrected chi connectivity index (χ0v) is 22.8. The number of rotatable bonds is 6. The van der Waals surface area contributed by atoms with Gasteiger partial charge in [0.25, 0.3) is 0 Å². The highest BCUT2D eigenvalue weighted by Gasteiger charge is 2.36. The van der Waals surface area contributed by atoms with Gasteiger partial charge in [-0.15, -0.1) is 0 Å². The molecule has 0 spiro atoms. The van der Waals surface area contributed by atoms with Crippen LogP contribution in [0.15, 0.2) is 45.3 Å². The Morgan fingerprint density at radius 3 is 1.97 bits per heavy atom. The minimum absolute atomic E-state index is 0.273. The monoisotopic (exact) mass is 544 g/mol. The minimum Gasteiger partial charge on any atom is -0.508 e. The molecule has 0 aromatic heterocycles. The van der Waals surface area contributed by atoms with E-state index in [1.807, 2.05) is 31.2 Å². The van der Waals surface area contributed by atoms with Crippen LogP contribution in [0.5, 0.6) is 11.5 Å².